The van der Waals surface area contributed by atoms with Crippen molar-refractivity contribution in [2.45, 2.75) is 11.4 Å². The topological polar surface area (TPSA) is 57.7 Å². The summed E-state index contributed by atoms with van der Waals surface area (Å²) in [6, 6.07) is 7.70. The third-order valence-corrected chi connectivity index (χ3v) is 6.92. The maximum atomic E-state index is 13.0. The molecular weight excluding hydrogens is 415 g/mol. The van der Waals surface area contributed by atoms with Crippen LogP contribution in [0.3, 0.4) is 0 Å². The Morgan fingerprint density at radius 3 is 2.46 bits per heavy atom. The van der Waals surface area contributed by atoms with Crippen LogP contribution in [0.5, 0.6) is 0 Å². The highest BCUT2D eigenvalue weighted by Crippen LogP contribution is 2.26. The molecule has 0 saturated carbocycles. The van der Waals surface area contributed by atoms with Crippen LogP contribution in [0.4, 0.5) is 0 Å². The molecule has 0 aliphatic heterocycles. The van der Waals surface area contributed by atoms with Crippen molar-refractivity contribution in [3.05, 3.63) is 62.8 Å². The lowest BCUT2D eigenvalue weighted by atomic mass is 10.2. The fourth-order valence-electron chi connectivity index (χ4n) is 2.21. The van der Waals surface area contributed by atoms with Gasteiger partial charge in [-0.1, -0.05) is 29.3 Å². The van der Waals surface area contributed by atoms with Gasteiger partial charge in [-0.25, -0.2) is 12.7 Å². The second-order valence-electron chi connectivity index (χ2n) is 5.61. The Labute approximate surface area is 167 Å². The molecular formula is C17H18Cl2N2O3S2. The van der Waals surface area contributed by atoms with Crippen molar-refractivity contribution in [1.82, 2.24) is 9.21 Å². The van der Waals surface area contributed by atoms with Crippen LogP contribution in [0.2, 0.25) is 9.36 Å². The fraction of sp³-hybridized carbons (Fsp3) is 0.235. The first-order valence-electron chi connectivity index (χ1n) is 7.53. The molecule has 0 bridgehead atoms. The highest BCUT2D eigenvalue weighted by molar-refractivity contribution is 7.89. The summed E-state index contributed by atoms with van der Waals surface area (Å²) in [5, 5.41) is 0.186. The Balaban J connectivity index is 2.40. The molecule has 5 nitrogen and oxygen atoms in total. The van der Waals surface area contributed by atoms with E-state index in [1.807, 2.05) is 6.07 Å². The molecule has 0 atom stereocenters. The zero-order valence-corrected chi connectivity index (χ0v) is 17.4. The van der Waals surface area contributed by atoms with Crippen molar-refractivity contribution >= 4 is 50.5 Å². The normalized spacial score (nSPS) is 11.6. The van der Waals surface area contributed by atoms with E-state index in [0.29, 0.717) is 10.9 Å². The monoisotopic (exact) mass is 432 g/mol. The summed E-state index contributed by atoms with van der Waals surface area (Å²) in [6.45, 7) is 4.28. The number of amides is 1. The van der Waals surface area contributed by atoms with Crippen LogP contribution >= 0.6 is 34.5 Å². The molecule has 140 valence electrons. The molecule has 0 aliphatic carbocycles. The van der Waals surface area contributed by atoms with Gasteiger partial charge in [-0.2, -0.15) is 0 Å². The minimum absolute atomic E-state index is 0.00738. The van der Waals surface area contributed by atoms with E-state index in [0.717, 1.165) is 9.18 Å². The van der Waals surface area contributed by atoms with E-state index in [2.05, 4.69) is 6.58 Å². The average Bonchev–Trinajstić information content (AvgIpc) is 2.99. The van der Waals surface area contributed by atoms with E-state index in [4.69, 9.17) is 23.2 Å². The predicted octanol–water partition coefficient (Wildman–Crippen LogP) is 4.13. The van der Waals surface area contributed by atoms with Gasteiger partial charge in [-0.05, 0) is 30.3 Å². The van der Waals surface area contributed by atoms with Crippen molar-refractivity contribution in [1.29, 1.82) is 0 Å². The van der Waals surface area contributed by atoms with Gasteiger partial charge in [-0.15, -0.1) is 17.9 Å². The number of thiophene rings is 1. The van der Waals surface area contributed by atoms with Crippen LogP contribution in [0.15, 0.2) is 47.9 Å². The molecule has 1 aromatic heterocycles. The fourth-order valence-corrected chi connectivity index (χ4v) is 4.44. The largest absolute Gasteiger partial charge is 0.330 e. The zero-order chi connectivity index (χ0) is 19.5. The standard InChI is InChI=1S/C17H18Cl2N2O3S2/c1-4-9-21(11-12-5-8-16(19)25-12)17(22)14-10-13(6-7-15(14)18)26(23,24)20(2)3/h4-8,10H,1,9,11H2,2-3H3. The molecule has 1 amide bonds. The van der Waals surface area contributed by atoms with E-state index < -0.39 is 10.0 Å². The van der Waals surface area contributed by atoms with E-state index in [-0.39, 0.29) is 27.9 Å². The number of benzene rings is 1. The summed E-state index contributed by atoms with van der Waals surface area (Å²) in [5.41, 5.74) is 0.124. The molecule has 0 fully saturated rings. The minimum atomic E-state index is -3.67. The number of nitrogens with zero attached hydrogens (tertiary/aromatic N) is 2. The molecule has 1 heterocycles. The molecule has 2 rings (SSSR count). The van der Waals surface area contributed by atoms with Crippen molar-refractivity contribution in [2.75, 3.05) is 20.6 Å². The van der Waals surface area contributed by atoms with Crippen molar-refractivity contribution < 1.29 is 13.2 Å². The van der Waals surface area contributed by atoms with Crippen LogP contribution in [0.25, 0.3) is 0 Å². The SMILES string of the molecule is C=CCN(Cc1ccc(Cl)s1)C(=O)c1cc(S(=O)(=O)N(C)C)ccc1Cl. The van der Waals surface area contributed by atoms with Gasteiger partial charge in [0, 0.05) is 25.5 Å². The molecule has 0 N–H and O–H groups in total. The maximum absolute atomic E-state index is 13.0. The first kappa shape index (κ1) is 20.9. The molecule has 0 spiro atoms. The maximum Gasteiger partial charge on any atom is 0.256 e. The molecule has 0 aliphatic rings. The minimum Gasteiger partial charge on any atom is -0.330 e. The van der Waals surface area contributed by atoms with E-state index in [9.17, 15) is 13.2 Å². The van der Waals surface area contributed by atoms with Crippen molar-refractivity contribution in [2.24, 2.45) is 0 Å². The molecule has 2 aromatic rings. The van der Waals surface area contributed by atoms with Crippen LogP contribution in [0.1, 0.15) is 15.2 Å². The average molecular weight is 433 g/mol. The van der Waals surface area contributed by atoms with Crippen LogP contribution in [0, 0.1) is 0 Å². The number of carbonyl (C=O) groups is 1. The summed E-state index contributed by atoms with van der Waals surface area (Å²) < 4.78 is 26.4. The number of sulfonamides is 1. The number of rotatable bonds is 7. The van der Waals surface area contributed by atoms with Gasteiger partial charge in [0.2, 0.25) is 10.0 Å². The summed E-state index contributed by atoms with van der Waals surface area (Å²) in [7, 11) is -0.822. The van der Waals surface area contributed by atoms with Crippen molar-refractivity contribution in [3.8, 4) is 0 Å². The lowest BCUT2D eigenvalue weighted by molar-refractivity contribution is 0.0764. The molecule has 0 radical (unpaired) electrons. The first-order valence-corrected chi connectivity index (χ1v) is 10.5. The number of hydrogen-bond donors (Lipinski definition) is 0. The van der Waals surface area contributed by atoms with Gasteiger partial charge in [0.25, 0.3) is 5.91 Å². The lowest BCUT2D eigenvalue weighted by Crippen LogP contribution is -2.31. The van der Waals surface area contributed by atoms with E-state index in [1.165, 1.54) is 48.5 Å². The van der Waals surface area contributed by atoms with Crippen molar-refractivity contribution in [3.63, 3.8) is 0 Å². The van der Waals surface area contributed by atoms with Gasteiger partial charge < -0.3 is 4.90 Å². The Kier molecular flexibility index (Phi) is 6.87. The first-order chi connectivity index (χ1) is 12.2. The number of carbonyl (C=O) groups excluding carboxylic acids is 1. The summed E-state index contributed by atoms with van der Waals surface area (Å²) >= 11 is 13.5. The molecule has 0 saturated heterocycles. The molecule has 1 aromatic carbocycles. The number of hydrogen-bond acceptors (Lipinski definition) is 4. The summed E-state index contributed by atoms with van der Waals surface area (Å²) in [5.74, 6) is -0.379. The lowest BCUT2D eigenvalue weighted by Gasteiger charge is -2.22. The van der Waals surface area contributed by atoms with Crippen LogP contribution < -0.4 is 0 Å². The third kappa shape index (κ3) is 4.66. The Bertz CT molecular complexity index is 924. The second-order valence-corrected chi connectivity index (χ2v) is 9.97. The predicted molar refractivity (Wildman–Crippen MR) is 107 cm³/mol. The van der Waals surface area contributed by atoms with Crippen LogP contribution in [-0.2, 0) is 16.6 Å². The zero-order valence-electron chi connectivity index (χ0n) is 14.3. The Hall–Kier alpha value is -1.38. The number of halogens is 2. The second kappa shape index (κ2) is 8.54. The van der Waals surface area contributed by atoms with E-state index >= 15 is 0 Å². The highest BCUT2D eigenvalue weighted by Gasteiger charge is 2.23. The Morgan fingerprint density at radius 2 is 1.92 bits per heavy atom. The van der Waals surface area contributed by atoms with Gasteiger partial charge in [-0.3, -0.25) is 4.79 Å². The molecule has 26 heavy (non-hydrogen) atoms. The highest BCUT2D eigenvalue weighted by atomic mass is 35.5. The molecule has 9 heteroatoms. The summed E-state index contributed by atoms with van der Waals surface area (Å²) in [4.78, 5) is 15.4. The van der Waals surface area contributed by atoms with Gasteiger partial charge >= 0.3 is 0 Å². The summed E-state index contributed by atoms with van der Waals surface area (Å²) in [6.07, 6.45) is 1.60. The quantitative estimate of drug-likeness (QED) is 0.617. The van der Waals surface area contributed by atoms with Gasteiger partial charge in [0.05, 0.1) is 26.4 Å². The Morgan fingerprint density at radius 1 is 1.23 bits per heavy atom. The van der Waals surface area contributed by atoms with Gasteiger partial charge in [0.1, 0.15) is 0 Å². The van der Waals surface area contributed by atoms with Crippen LogP contribution in [-0.4, -0.2) is 44.2 Å². The third-order valence-electron chi connectivity index (χ3n) is 3.56. The molecule has 0 unspecified atom stereocenters. The smallest absolute Gasteiger partial charge is 0.256 e. The van der Waals surface area contributed by atoms with Gasteiger partial charge in [0.15, 0.2) is 0 Å². The van der Waals surface area contributed by atoms with E-state index in [1.54, 1.807) is 12.1 Å².